The van der Waals surface area contributed by atoms with Crippen LogP contribution in [0.3, 0.4) is 0 Å². The summed E-state index contributed by atoms with van der Waals surface area (Å²) in [7, 11) is 3.20. The van der Waals surface area contributed by atoms with Gasteiger partial charge in [0, 0.05) is 20.6 Å². The highest BCUT2D eigenvalue weighted by Crippen LogP contribution is 2.17. The smallest absolute Gasteiger partial charge is 0.326 e. The number of nitrogens with zero attached hydrogens (tertiary/aromatic N) is 2. The van der Waals surface area contributed by atoms with E-state index in [2.05, 4.69) is 5.32 Å². The van der Waals surface area contributed by atoms with Gasteiger partial charge in [0.2, 0.25) is 5.91 Å². The van der Waals surface area contributed by atoms with E-state index in [-0.39, 0.29) is 5.91 Å². The number of hydrogen-bond donors (Lipinski definition) is 2. The molecule has 1 aliphatic heterocycles. The van der Waals surface area contributed by atoms with E-state index >= 15 is 0 Å². The first-order valence-corrected chi connectivity index (χ1v) is 5.85. The normalized spacial score (nSPS) is 20.4. The standard InChI is InChI=1S/C11H19N3O4/c1-7(9(15)13(2)3)12-11(18)14-6-4-5-8(14)10(16)17/h7-8H,4-6H2,1-3H3,(H,12,18)(H,16,17). The van der Waals surface area contributed by atoms with Crippen molar-refractivity contribution in [1.29, 1.82) is 0 Å². The second-order valence-electron chi connectivity index (χ2n) is 4.59. The molecule has 7 heteroatoms. The van der Waals surface area contributed by atoms with Crippen molar-refractivity contribution in [3.05, 3.63) is 0 Å². The predicted molar refractivity (Wildman–Crippen MR) is 64.1 cm³/mol. The minimum Gasteiger partial charge on any atom is -0.480 e. The Morgan fingerprint density at radius 3 is 2.50 bits per heavy atom. The first-order valence-electron chi connectivity index (χ1n) is 5.85. The van der Waals surface area contributed by atoms with Gasteiger partial charge < -0.3 is 20.2 Å². The fourth-order valence-corrected chi connectivity index (χ4v) is 1.98. The van der Waals surface area contributed by atoms with Gasteiger partial charge in [-0.15, -0.1) is 0 Å². The summed E-state index contributed by atoms with van der Waals surface area (Å²) >= 11 is 0. The van der Waals surface area contributed by atoms with Crippen LogP contribution in [0.1, 0.15) is 19.8 Å². The molecule has 0 saturated carbocycles. The first-order chi connectivity index (χ1) is 8.34. The van der Waals surface area contributed by atoms with Gasteiger partial charge in [-0.25, -0.2) is 9.59 Å². The van der Waals surface area contributed by atoms with Crippen LogP contribution in [-0.4, -0.2) is 65.5 Å². The van der Waals surface area contributed by atoms with Crippen LogP contribution in [0.15, 0.2) is 0 Å². The first kappa shape index (κ1) is 14.3. The number of likely N-dealkylation sites (N-methyl/N-ethyl adjacent to an activating group) is 1. The van der Waals surface area contributed by atoms with Crippen molar-refractivity contribution >= 4 is 17.9 Å². The highest BCUT2D eigenvalue weighted by molar-refractivity contribution is 5.88. The molecule has 0 aliphatic carbocycles. The van der Waals surface area contributed by atoms with E-state index in [1.165, 1.54) is 9.80 Å². The molecule has 1 aliphatic rings. The lowest BCUT2D eigenvalue weighted by molar-refractivity contribution is -0.141. The third kappa shape index (κ3) is 3.12. The van der Waals surface area contributed by atoms with Crippen LogP contribution in [-0.2, 0) is 9.59 Å². The van der Waals surface area contributed by atoms with Crippen LogP contribution >= 0.6 is 0 Å². The summed E-state index contributed by atoms with van der Waals surface area (Å²) in [5.41, 5.74) is 0. The number of urea groups is 1. The number of carbonyl (C=O) groups is 3. The maximum Gasteiger partial charge on any atom is 0.326 e. The Labute approximate surface area is 106 Å². The monoisotopic (exact) mass is 257 g/mol. The molecule has 7 nitrogen and oxygen atoms in total. The quantitative estimate of drug-likeness (QED) is 0.727. The summed E-state index contributed by atoms with van der Waals surface area (Å²) in [6, 6.07) is -1.95. The van der Waals surface area contributed by atoms with Gasteiger partial charge in [0.1, 0.15) is 12.1 Å². The average molecular weight is 257 g/mol. The predicted octanol–water partition coefficient (Wildman–Crippen LogP) is -0.278. The molecule has 18 heavy (non-hydrogen) atoms. The molecule has 1 fully saturated rings. The van der Waals surface area contributed by atoms with Gasteiger partial charge in [-0.05, 0) is 19.8 Å². The maximum absolute atomic E-state index is 11.9. The summed E-state index contributed by atoms with van der Waals surface area (Å²) in [5, 5.41) is 11.5. The van der Waals surface area contributed by atoms with Gasteiger partial charge in [0.15, 0.2) is 0 Å². The summed E-state index contributed by atoms with van der Waals surface area (Å²) in [6.45, 7) is 1.98. The van der Waals surface area contributed by atoms with Crippen molar-refractivity contribution in [3.8, 4) is 0 Å². The van der Waals surface area contributed by atoms with Gasteiger partial charge in [-0.3, -0.25) is 4.79 Å². The average Bonchev–Trinajstić information content (AvgIpc) is 2.76. The molecule has 0 aromatic rings. The maximum atomic E-state index is 11.9. The molecule has 0 radical (unpaired) electrons. The van der Waals surface area contributed by atoms with E-state index in [0.717, 1.165) is 0 Å². The molecule has 0 bridgehead atoms. The molecule has 0 spiro atoms. The highest BCUT2D eigenvalue weighted by Gasteiger charge is 2.34. The van der Waals surface area contributed by atoms with Crippen molar-refractivity contribution in [2.75, 3.05) is 20.6 Å². The molecule has 2 unspecified atom stereocenters. The van der Waals surface area contributed by atoms with E-state index < -0.39 is 24.1 Å². The molecule has 0 aromatic heterocycles. The van der Waals surface area contributed by atoms with Crippen molar-refractivity contribution in [3.63, 3.8) is 0 Å². The van der Waals surface area contributed by atoms with E-state index in [4.69, 9.17) is 5.11 Å². The molecule has 3 amide bonds. The van der Waals surface area contributed by atoms with Crippen LogP contribution in [0.25, 0.3) is 0 Å². The Balaban J connectivity index is 2.60. The third-order valence-corrected chi connectivity index (χ3v) is 2.95. The van der Waals surface area contributed by atoms with E-state index in [1.54, 1.807) is 21.0 Å². The van der Waals surface area contributed by atoms with E-state index in [9.17, 15) is 14.4 Å². The lowest BCUT2D eigenvalue weighted by Gasteiger charge is -2.25. The lowest BCUT2D eigenvalue weighted by atomic mass is 10.2. The lowest BCUT2D eigenvalue weighted by Crippen LogP contribution is -2.52. The highest BCUT2D eigenvalue weighted by atomic mass is 16.4. The van der Waals surface area contributed by atoms with Crippen molar-refractivity contribution in [1.82, 2.24) is 15.1 Å². The largest absolute Gasteiger partial charge is 0.480 e. The van der Waals surface area contributed by atoms with Gasteiger partial charge in [-0.2, -0.15) is 0 Å². The Bertz CT molecular complexity index is 356. The Kier molecular flexibility index (Phi) is 4.52. The van der Waals surface area contributed by atoms with Crippen LogP contribution in [0.2, 0.25) is 0 Å². The van der Waals surface area contributed by atoms with E-state index in [1.807, 2.05) is 0 Å². The summed E-state index contributed by atoms with van der Waals surface area (Å²) in [6.07, 6.45) is 1.12. The number of carbonyl (C=O) groups excluding carboxylic acids is 2. The molecular formula is C11H19N3O4. The van der Waals surface area contributed by atoms with Crippen molar-refractivity contribution < 1.29 is 19.5 Å². The Morgan fingerprint density at radius 2 is 2.00 bits per heavy atom. The number of amides is 3. The van der Waals surface area contributed by atoms with Gasteiger partial charge in [0.25, 0.3) is 0 Å². The number of carboxylic acid groups (broad SMARTS) is 1. The minimum absolute atomic E-state index is 0.227. The number of rotatable bonds is 3. The zero-order chi connectivity index (χ0) is 13.9. The summed E-state index contributed by atoms with van der Waals surface area (Å²) in [4.78, 5) is 37.1. The molecule has 2 atom stereocenters. The molecule has 0 aromatic carbocycles. The van der Waals surface area contributed by atoms with Gasteiger partial charge in [0.05, 0.1) is 0 Å². The van der Waals surface area contributed by atoms with Gasteiger partial charge >= 0.3 is 12.0 Å². The van der Waals surface area contributed by atoms with Crippen LogP contribution in [0.5, 0.6) is 0 Å². The van der Waals surface area contributed by atoms with Crippen molar-refractivity contribution in [2.24, 2.45) is 0 Å². The Morgan fingerprint density at radius 1 is 1.39 bits per heavy atom. The van der Waals surface area contributed by atoms with E-state index in [0.29, 0.717) is 19.4 Å². The van der Waals surface area contributed by atoms with Crippen LogP contribution < -0.4 is 5.32 Å². The molecule has 102 valence electrons. The van der Waals surface area contributed by atoms with Crippen LogP contribution in [0.4, 0.5) is 4.79 Å². The molecule has 1 heterocycles. The van der Waals surface area contributed by atoms with Crippen LogP contribution in [0, 0.1) is 0 Å². The number of carboxylic acids is 1. The zero-order valence-electron chi connectivity index (χ0n) is 10.8. The summed E-state index contributed by atoms with van der Waals surface area (Å²) in [5.74, 6) is -1.23. The molecule has 1 saturated heterocycles. The third-order valence-electron chi connectivity index (χ3n) is 2.95. The minimum atomic E-state index is -1.01. The second kappa shape index (κ2) is 5.70. The van der Waals surface area contributed by atoms with Gasteiger partial charge in [-0.1, -0.05) is 0 Å². The SMILES string of the molecule is CC(NC(=O)N1CCCC1C(=O)O)C(=O)N(C)C. The number of likely N-dealkylation sites (tertiary alicyclic amines) is 1. The number of aliphatic carboxylic acids is 1. The second-order valence-corrected chi connectivity index (χ2v) is 4.59. The molecule has 1 rings (SSSR count). The number of nitrogens with one attached hydrogen (secondary N) is 1. The summed E-state index contributed by atoms with van der Waals surface area (Å²) < 4.78 is 0. The zero-order valence-corrected chi connectivity index (χ0v) is 10.8. The Hall–Kier alpha value is -1.79. The molecular weight excluding hydrogens is 238 g/mol. The number of hydrogen-bond acceptors (Lipinski definition) is 3. The fraction of sp³-hybridized carbons (Fsp3) is 0.727. The van der Waals surface area contributed by atoms with Crippen molar-refractivity contribution in [2.45, 2.75) is 31.8 Å². The fourth-order valence-electron chi connectivity index (χ4n) is 1.98. The topological polar surface area (TPSA) is 90.0 Å². The molecule has 2 N–H and O–H groups in total.